The molecule has 1 aromatic rings. The Hall–Kier alpha value is -1.06. The molecule has 1 aliphatic carbocycles. The van der Waals surface area contributed by atoms with E-state index < -0.39 is 0 Å². The van der Waals surface area contributed by atoms with Crippen LogP contribution >= 0.6 is 35.6 Å². The van der Waals surface area contributed by atoms with Crippen LogP contribution in [-0.4, -0.2) is 63.2 Å². The highest BCUT2D eigenvalue weighted by Gasteiger charge is 2.21. The van der Waals surface area contributed by atoms with Crippen molar-refractivity contribution >= 4 is 47.4 Å². The Morgan fingerprint density at radius 3 is 2.74 bits per heavy atom. The number of nitrogens with one attached hydrogen (secondary N) is 2. The fraction of sp³-hybridized carbons (Fsp3) is 0.579. The van der Waals surface area contributed by atoms with Gasteiger partial charge in [0.2, 0.25) is 0 Å². The second-order valence-corrected chi connectivity index (χ2v) is 6.82. The van der Waals surface area contributed by atoms with Crippen molar-refractivity contribution in [1.82, 2.24) is 15.5 Å². The van der Waals surface area contributed by atoms with Gasteiger partial charge in [-0.25, -0.2) is 0 Å². The lowest BCUT2D eigenvalue weighted by molar-refractivity contribution is 0.0955. The minimum atomic E-state index is -0.183. The number of nitrogens with zero attached hydrogens (tertiary/aromatic N) is 2. The van der Waals surface area contributed by atoms with Crippen LogP contribution in [0.15, 0.2) is 29.3 Å². The van der Waals surface area contributed by atoms with Crippen LogP contribution < -0.4 is 10.6 Å². The molecule has 2 N–H and O–H groups in total. The van der Waals surface area contributed by atoms with Gasteiger partial charge in [-0.15, -0.1) is 24.0 Å². The van der Waals surface area contributed by atoms with E-state index >= 15 is 0 Å². The predicted molar refractivity (Wildman–Crippen MR) is 121 cm³/mol. The van der Waals surface area contributed by atoms with E-state index in [1.54, 1.807) is 24.3 Å². The molecule has 1 aliphatic rings. The van der Waals surface area contributed by atoms with Gasteiger partial charge < -0.3 is 20.3 Å². The van der Waals surface area contributed by atoms with Crippen LogP contribution in [-0.2, 0) is 4.74 Å². The van der Waals surface area contributed by atoms with Crippen molar-refractivity contribution in [3.8, 4) is 0 Å². The maximum atomic E-state index is 12.1. The van der Waals surface area contributed by atoms with E-state index in [9.17, 15) is 4.79 Å². The quantitative estimate of drug-likeness (QED) is 0.221. The molecular weight excluding hydrogens is 479 g/mol. The van der Waals surface area contributed by atoms with Gasteiger partial charge >= 0.3 is 0 Å². The van der Waals surface area contributed by atoms with E-state index in [0.717, 1.165) is 31.6 Å². The Labute approximate surface area is 184 Å². The summed E-state index contributed by atoms with van der Waals surface area (Å²) in [6.07, 6.45) is 2.61. The Bertz CT molecular complexity index is 611. The van der Waals surface area contributed by atoms with Crippen LogP contribution in [0.3, 0.4) is 0 Å². The Morgan fingerprint density at radius 2 is 2.07 bits per heavy atom. The Morgan fingerprint density at radius 1 is 1.33 bits per heavy atom. The number of rotatable bonds is 10. The minimum absolute atomic E-state index is 0. The van der Waals surface area contributed by atoms with Gasteiger partial charge in [0, 0.05) is 33.3 Å². The fourth-order valence-corrected chi connectivity index (χ4v) is 2.60. The Balaban J connectivity index is 0.00000364. The third-order valence-electron chi connectivity index (χ3n) is 4.10. The topological polar surface area (TPSA) is 66.0 Å². The third kappa shape index (κ3) is 9.12. The van der Waals surface area contributed by atoms with Crippen LogP contribution in [0.5, 0.6) is 0 Å². The van der Waals surface area contributed by atoms with Crippen molar-refractivity contribution in [1.29, 1.82) is 0 Å². The summed E-state index contributed by atoms with van der Waals surface area (Å²) in [5.41, 5.74) is 0.481. The summed E-state index contributed by atoms with van der Waals surface area (Å²) < 4.78 is 5.68. The number of hydrogen-bond acceptors (Lipinski definition) is 3. The largest absolute Gasteiger partial charge is 0.379 e. The number of halogens is 2. The lowest BCUT2D eigenvalue weighted by Crippen LogP contribution is -2.41. The SMILES string of the molecule is CCNC(=NCCNC(=O)c1ccccc1Cl)N(C)CCOCC1CC1.I. The normalized spacial score (nSPS) is 13.7. The lowest BCUT2D eigenvalue weighted by Gasteiger charge is -2.22. The first-order chi connectivity index (χ1) is 12.6. The van der Waals surface area contributed by atoms with Gasteiger partial charge in [-0.05, 0) is 37.8 Å². The number of guanidine groups is 1. The molecule has 6 nitrogen and oxygen atoms in total. The van der Waals surface area contributed by atoms with E-state index in [0.29, 0.717) is 30.3 Å². The van der Waals surface area contributed by atoms with Crippen molar-refractivity contribution in [2.24, 2.45) is 10.9 Å². The molecule has 8 heteroatoms. The summed E-state index contributed by atoms with van der Waals surface area (Å²) in [4.78, 5) is 18.7. The monoisotopic (exact) mass is 508 g/mol. The highest BCUT2D eigenvalue weighted by atomic mass is 127. The number of ether oxygens (including phenoxy) is 1. The number of aliphatic imine (C=N–C) groups is 1. The lowest BCUT2D eigenvalue weighted by atomic mass is 10.2. The number of amides is 1. The molecule has 0 radical (unpaired) electrons. The summed E-state index contributed by atoms with van der Waals surface area (Å²) >= 11 is 6.03. The molecular formula is C19H30ClIN4O2. The first-order valence-corrected chi connectivity index (χ1v) is 9.59. The van der Waals surface area contributed by atoms with Crippen molar-refractivity contribution in [2.45, 2.75) is 19.8 Å². The molecule has 152 valence electrons. The summed E-state index contributed by atoms with van der Waals surface area (Å²) in [6, 6.07) is 7.01. The zero-order valence-corrected chi connectivity index (χ0v) is 19.1. The number of carbonyl (C=O) groups excluding carboxylic acids is 1. The Kier molecular flexibility index (Phi) is 11.7. The number of carbonyl (C=O) groups is 1. The van der Waals surface area contributed by atoms with E-state index in [4.69, 9.17) is 16.3 Å². The van der Waals surface area contributed by atoms with Crippen molar-refractivity contribution < 1.29 is 9.53 Å². The number of likely N-dealkylation sites (N-methyl/N-ethyl adjacent to an activating group) is 1. The van der Waals surface area contributed by atoms with E-state index in [-0.39, 0.29) is 29.9 Å². The molecule has 0 heterocycles. The maximum Gasteiger partial charge on any atom is 0.252 e. The molecule has 0 aromatic heterocycles. The van der Waals surface area contributed by atoms with E-state index in [1.165, 1.54) is 12.8 Å². The highest BCUT2D eigenvalue weighted by Crippen LogP contribution is 2.28. The molecule has 27 heavy (non-hydrogen) atoms. The molecule has 0 unspecified atom stereocenters. The molecule has 2 rings (SSSR count). The van der Waals surface area contributed by atoms with Gasteiger partial charge in [-0.1, -0.05) is 23.7 Å². The third-order valence-corrected chi connectivity index (χ3v) is 4.42. The second kappa shape index (κ2) is 13.2. The fourth-order valence-electron chi connectivity index (χ4n) is 2.38. The van der Waals surface area contributed by atoms with Gasteiger partial charge in [0.1, 0.15) is 0 Å². The van der Waals surface area contributed by atoms with Gasteiger partial charge in [-0.3, -0.25) is 9.79 Å². The van der Waals surface area contributed by atoms with Gasteiger partial charge in [0.15, 0.2) is 5.96 Å². The van der Waals surface area contributed by atoms with Gasteiger partial charge in [-0.2, -0.15) is 0 Å². The first-order valence-electron chi connectivity index (χ1n) is 9.21. The standard InChI is InChI=1S/C19H29ClN4O2.HI/c1-3-21-19(24(2)12-13-26-14-15-8-9-15)23-11-10-22-18(25)16-6-4-5-7-17(16)20;/h4-7,15H,3,8-14H2,1-2H3,(H,21,23)(H,22,25);1H. The summed E-state index contributed by atoms with van der Waals surface area (Å²) in [7, 11) is 1.99. The second-order valence-electron chi connectivity index (χ2n) is 6.41. The first kappa shape index (κ1) is 24.0. The minimum Gasteiger partial charge on any atom is -0.379 e. The van der Waals surface area contributed by atoms with Gasteiger partial charge in [0.25, 0.3) is 5.91 Å². The molecule has 0 aliphatic heterocycles. The molecule has 0 atom stereocenters. The molecule has 1 fully saturated rings. The maximum absolute atomic E-state index is 12.1. The van der Waals surface area contributed by atoms with Crippen molar-refractivity contribution in [2.75, 3.05) is 46.4 Å². The smallest absolute Gasteiger partial charge is 0.252 e. The van der Waals surface area contributed by atoms with E-state index in [1.807, 2.05) is 18.9 Å². The summed E-state index contributed by atoms with van der Waals surface area (Å²) in [5, 5.41) is 6.56. The molecule has 1 amide bonds. The number of hydrogen-bond donors (Lipinski definition) is 2. The van der Waals surface area contributed by atoms with Crippen LogP contribution in [0.2, 0.25) is 5.02 Å². The molecule has 1 saturated carbocycles. The van der Waals surface area contributed by atoms with Gasteiger partial charge in [0.05, 0.1) is 23.7 Å². The molecule has 0 saturated heterocycles. The zero-order chi connectivity index (χ0) is 18.8. The summed E-state index contributed by atoms with van der Waals surface area (Å²) in [5.74, 6) is 1.41. The predicted octanol–water partition coefficient (Wildman–Crippen LogP) is 3.01. The molecule has 1 aromatic carbocycles. The van der Waals surface area contributed by atoms with Crippen LogP contribution in [0.1, 0.15) is 30.1 Å². The number of benzene rings is 1. The van der Waals surface area contributed by atoms with E-state index in [2.05, 4.69) is 15.6 Å². The van der Waals surface area contributed by atoms with Crippen LogP contribution in [0, 0.1) is 5.92 Å². The van der Waals surface area contributed by atoms with Crippen LogP contribution in [0.25, 0.3) is 0 Å². The molecule has 0 bridgehead atoms. The van der Waals surface area contributed by atoms with Crippen molar-refractivity contribution in [3.05, 3.63) is 34.9 Å². The van der Waals surface area contributed by atoms with Crippen LogP contribution in [0.4, 0.5) is 0 Å². The molecule has 0 spiro atoms. The van der Waals surface area contributed by atoms with Crippen molar-refractivity contribution in [3.63, 3.8) is 0 Å². The average molecular weight is 509 g/mol. The summed E-state index contributed by atoms with van der Waals surface area (Å²) in [6.45, 7) is 6.11. The zero-order valence-electron chi connectivity index (χ0n) is 16.0. The average Bonchev–Trinajstić information content (AvgIpc) is 3.45. The highest BCUT2D eigenvalue weighted by molar-refractivity contribution is 14.0.